The van der Waals surface area contributed by atoms with Gasteiger partial charge in [0.2, 0.25) is 0 Å². The lowest BCUT2D eigenvalue weighted by Gasteiger charge is -2.24. The van der Waals surface area contributed by atoms with E-state index in [4.69, 9.17) is 4.74 Å². The maximum atomic E-state index is 12.5. The monoisotopic (exact) mass is 330 g/mol. The third-order valence-electron chi connectivity index (χ3n) is 4.76. The lowest BCUT2D eigenvalue weighted by atomic mass is 9.84. The molecular weight excluding hydrogens is 304 g/mol. The molecular formula is C20H26O4. The van der Waals surface area contributed by atoms with Gasteiger partial charge in [-0.1, -0.05) is 31.6 Å². The molecule has 1 aliphatic heterocycles. The lowest BCUT2D eigenvalue weighted by molar-refractivity contribution is -0.143. The first-order chi connectivity index (χ1) is 11.3. The molecule has 0 saturated heterocycles. The van der Waals surface area contributed by atoms with Gasteiger partial charge >= 0.3 is 5.97 Å². The molecule has 1 heterocycles. The molecule has 0 N–H and O–H groups in total. The zero-order valence-corrected chi connectivity index (χ0v) is 14.9. The fraction of sp³-hybridized carbons (Fsp3) is 0.550. The Balaban J connectivity index is 2.35. The zero-order valence-electron chi connectivity index (χ0n) is 14.9. The molecule has 2 aliphatic rings. The van der Waals surface area contributed by atoms with E-state index < -0.39 is 12.1 Å². The van der Waals surface area contributed by atoms with Gasteiger partial charge in [0, 0.05) is 30.8 Å². The normalized spacial score (nSPS) is 26.5. The van der Waals surface area contributed by atoms with Gasteiger partial charge in [0.25, 0.3) is 0 Å². The van der Waals surface area contributed by atoms with E-state index in [1.807, 2.05) is 39.8 Å². The summed E-state index contributed by atoms with van der Waals surface area (Å²) >= 11 is 0. The van der Waals surface area contributed by atoms with Crippen LogP contribution in [-0.2, 0) is 19.1 Å². The number of hydrogen-bond donors (Lipinski definition) is 0. The Morgan fingerprint density at radius 2 is 1.79 bits per heavy atom. The molecule has 0 spiro atoms. The van der Waals surface area contributed by atoms with Crippen molar-refractivity contribution in [1.82, 2.24) is 0 Å². The summed E-state index contributed by atoms with van der Waals surface area (Å²) in [7, 11) is 0. The highest BCUT2D eigenvalue weighted by Gasteiger charge is 2.35. The summed E-state index contributed by atoms with van der Waals surface area (Å²) in [6, 6.07) is 0. The van der Waals surface area contributed by atoms with Crippen LogP contribution >= 0.6 is 0 Å². The van der Waals surface area contributed by atoms with Crippen LogP contribution in [0.2, 0.25) is 0 Å². The molecule has 2 unspecified atom stereocenters. The van der Waals surface area contributed by atoms with Gasteiger partial charge in [-0.25, -0.2) is 4.79 Å². The summed E-state index contributed by atoms with van der Waals surface area (Å²) < 4.78 is 5.46. The van der Waals surface area contributed by atoms with Gasteiger partial charge in [-0.05, 0) is 37.8 Å². The number of Topliss-reactive ketones (excluding diaryl/α,β-unsaturated/α-hetero) is 2. The minimum absolute atomic E-state index is 0.0162. The van der Waals surface area contributed by atoms with Gasteiger partial charge in [-0.2, -0.15) is 0 Å². The van der Waals surface area contributed by atoms with Crippen LogP contribution in [0, 0.1) is 11.8 Å². The van der Waals surface area contributed by atoms with Crippen LogP contribution in [-0.4, -0.2) is 23.6 Å². The molecule has 0 radical (unpaired) electrons. The maximum absolute atomic E-state index is 12.5. The fourth-order valence-electron chi connectivity index (χ4n) is 3.16. The third-order valence-corrected chi connectivity index (χ3v) is 4.76. The minimum Gasteiger partial charge on any atom is -0.454 e. The van der Waals surface area contributed by atoms with E-state index in [0.717, 1.165) is 11.1 Å². The third kappa shape index (κ3) is 4.53. The van der Waals surface area contributed by atoms with Gasteiger partial charge in [0.15, 0.2) is 5.78 Å². The Bertz CT molecular complexity index is 634. The van der Waals surface area contributed by atoms with Gasteiger partial charge < -0.3 is 4.74 Å². The molecule has 0 fully saturated rings. The standard InChI is InChI=1S/C20H26O4/c1-12(2)17-11-18(22)14(4)7-5-6-13(3)8-16(21)9-15-10-19(17)24-20(15)23/h6-7,10,12,17,19H,5,8-9,11H2,1-4H3. The molecule has 0 aromatic heterocycles. The van der Waals surface area contributed by atoms with Crippen molar-refractivity contribution in [3.8, 4) is 0 Å². The van der Waals surface area contributed by atoms with E-state index in [0.29, 0.717) is 24.8 Å². The Morgan fingerprint density at radius 1 is 1.08 bits per heavy atom. The van der Waals surface area contributed by atoms with Crippen molar-refractivity contribution in [1.29, 1.82) is 0 Å². The number of fused-ring (bicyclic) bond motifs is 1. The van der Waals surface area contributed by atoms with Crippen molar-refractivity contribution in [3.05, 3.63) is 34.9 Å². The van der Waals surface area contributed by atoms with Crippen molar-refractivity contribution in [2.45, 2.75) is 59.5 Å². The molecule has 2 bridgehead atoms. The highest BCUT2D eigenvalue weighted by molar-refractivity contribution is 5.98. The predicted molar refractivity (Wildman–Crippen MR) is 92.3 cm³/mol. The second-order valence-corrected chi connectivity index (χ2v) is 7.16. The van der Waals surface area contributed by atoms with E-state index in [1.54, 1.807) is 6.08 Å². The predicted octanol–water partition coefficient (Wildman–Crippen LogP) is 3.72. The van der Waals surface area contributed by atoms with Crippen molar-refractivity contribution in [2.75, 3.05) is 0 Å². The Kier molecular flexibility index (Phi) is 5.92. The first-order valence-corrected chi connectivity index (χ1v) is 8.57. The van der Waals surface area contributed by atoms with E-state index in [-0.39, 0.29) is 29.8 Å². The molecule has 2 rings (SSSR count). The minimum atomic E-state index is -0.421. The topological polar surface area (TPSA) is 60.4 Å². The number of ketones is 2. The summed E-state index contributed by atoms with van der Waals surface area (Å²) in [5.41, 5.74) is 2.11. The molecule has 0 saturated carbocycles. The number of esters is 1. The highest BCUT2D eigenvalue weighted by atomic mass is 16.5. The fourth-order valence-corrected chi connectivity index (χ4v) is 3.16. The van der Waals surface area contributed by atoms with Gasteiger partial charge in [-0.15, -0.1) is 0 Å². The van der Waals surface area contributed by atoms with E-state index in [2.05, 4.69) is 0 Å². The number of carbonyl (C=O) groups excluding carboxylic acids is 3. The van der Waals surface area contributed by atoms with Crippen LogP contribution in [0.4, 0.5) is 0 Å². The molecule has 130 valence electrons. The number of rotatable bonds is 1. The molecule has 4 heteroatoms. The van der Waals surface area contributed by atoms with Crippen LogP contribution < -0.4 is 0 Å². The van der Waals surface area contributed by atoms with Crippen molar-refractivity contribution in [2.24, 2.45) is 11.8 Å². The summed E-state index contributed by atoms with van der Waals surface area (Å²) in [6.45, 7) is 7.77. The second-order valence-electron chi connectivity index (χ2n) is 7.16. The smallest absolute Gasteiger partial charge is 0.334 e. The number of hydrogen-bond acceptors (Lipinski definition) is 4. The maximum Gasteiger partial charge on any atom is 0.334 e. The number of carbonyl (C=O) groups is 3. The van der Waals surface area contributed by atoms with Crippen LogP contribution in [0.3, 0.4) is 0 Å². The van der Waals surface area contributed by atoms with Gasteiger partial charge in [-0.3, -0.25) is 9.59 Å². The van der Waals surface area contributed by atoms with Crippen molar-refractivity contribution in [3.63, 3.8) is 0 Å². The summed E-state index contributed by atoms with van der Waals surface area (Å²) in [5.74, 6) is -0.193. The Labute approximate surface area is 143 Å². The molecule has 24 heavy (non-hydrogen) atoms. The summed E-state index contributed by atoms with van der Waals surface area (Å²) in [6.07, 6.45) is 6.62. The molecule has 0 aromatic carbocycles. The SMILES string of the molecule is CC1=CCC=C(C)C(=O)CC(C(C)C)C2C=C(CC(=O)C1)C(=O)O2. The highest BCUT2D eigenvalue weighted by Crippen LogP contribution is 2.31. The Morgan fingerprint density at radius 3 is 2.46 bits per heavy atom. The summed E-state index contributed by atoms with van der Waals surface area (Å²) in [4.78, 5) is 36.7. The van der Waals surface area contributed by atoms with E-state index >= 15 is 0 Å². The first kappa shape index (κ1) is 18.4. The van der Waals surface area contributed by atoms with Crippen LogP contribution in [0.5, 0.6) is 0 Å². The van der Waals surface area contributed by atoms with Crippen LogP contribution in [0.15, 0.2) is 34.9 Å². The second kappa shape index (κ2) is 7.73. The largest absolute Gasteiger partial charge is 0.454 e. The lowest BCUT2D eigenvalue weighted by Crippen LogP contribution is -2.28. The average Bonchev–Trinajstić information content (AvgIpc) is 2.83. The molecule has 0 amide bonds. The zero-order chi connectivity index (χ0) is 17.9. The quantitative estimate of drug-likeness (QED) is 0.543. The van der Waals surface area contributed by atoms with Crippen molar-refractivity contribution >= 4 is 17.5 Å². The Hall–Kier alpha value is -1.97. The van der Waals surface area contributed by atoms with E-state index in [9.17, 15) is 14.4 Å². The number of ether oxygens (including phenoxy) is 1. The van der Waals surface area contributed by atoms with Crippen LogP contribution in [0.25, 0.3) is 0 Å². The molecule has 1 aliphatic carbocycles. The summed E-state index contributed by atoms with van der Waals surface area (Å²) in [5, 5.41) is 0. The van der Waals surface area contributed by atoms with Gasteiger partial charge in [0.1, 0.15) is 11.9 Å². The molecule has 2 atom stereocenters. The van der Waals surface area contributed by atoms with Gasteiger partial charge in [0.05, 0.1) is 0 Å². The molecule has 4 nitrogen and oxygen atoms in total. The van der Waals surface area contributed by atoms with Crippen molar-refractivity contribution < 1.29 is 19.1 Å². The first-order valence-electron chi connectivity index (χ1n) is 8.57. The number of allylic oxidation sites excluding steroid dienone is 4. The molecule has 0 aromatic rings. The van der Waals surface area contributed by atoms with Crippen LogP contribution in [0.1, 0.15) is 53.4 Å². The van der Waals surface area contributed by atoms with E-state index in [1.165, 1.54) is 0 Å². The average molecular weight is 330 g/mol.